The molecule has 7 heteroatoms. The summed E-state index contributed by atoms with van der Waals surface area (Å²) in [6.45, 7) is 4.07. The maximum Gasteiger partial charge on any atom is 0.222 e. The number of aromatic nitrogens is 3. The number of hydrogen-bond donors (Lipinski definition) is 1. The average molecular weight is 303 g/mol. The summed E-state index contributed by atoms with van der Waals surface area (Å²) in [6.07, 6.45) is 0. The van der Waals surface area contributed by atoms with Crippen molar-refractivity contribution in [2.24, 2.45) is 0 Å². The van der Waals surface area contributed by atoms with E-state index in [2.05, 4.69) is 16.3 Å². The van der Waals surface area contributed by atoms with Gasteiger partial charge in [0.05, 0.1) is 12.7 Å². The maximum atomic E-state index is 8.98. The minimum absolute atomic E-state index is 0.206. The van der Waals surface area contributed by atoms with Crippen molar-refractivity contribution >= 4 is 17.7 Å². The molecule has 0 aliphatic rings. The number of nitrogens with zero attached hydrogens (tertiary/aromatic N) is 4. The van der Waals surface area contributed by atoms with E-state index in [4.69, 9.17) is 15.7 Å². The summed E-state index contributed by atoms with van der Waals surface area (Å²) in [5.41, 5.74) is 7.39. The molecule has 0 amide bonds. The van der Waals surface area contributed by atoms with Crippen molar-refractivity contribution in [3.8, 4) is 11.8 Å². The van der Waals surface area contributed by atoms with E-state index in [9.17, 15) is 0 Å². The molecule has 2 N–H and O–H groups in total. The van der Waals surface area contributed by atoms with Crippen LogP contribution >= 0.6 is 11.8 Å². The number of ether oxygens (including phenoxy) is 1. The zero-order valence-electron chi connectivity index (χ0n) is 12.2. The molecule has 6 nitrogen and oxygen atoms in total. The van der Waals surface area contributed by atoms with Crippen molar-refractivity contribution in [1.82, 2.24) is 14.8 Å². The van der Waals surface area contributed by atoms with Gasteiger partial charge in [-0.1, -0.05) is 17.8 Å². The van der Waals surface area contributed by atoms with Crippen LogP contribution in [0.25, 0.3) is 0 Å². The molecule has 0 aliphatic carbocycles. The summed E-state index contributed by atoms with van der Waals surface area (Å²) in [4.78, 5) is 0. The third-order valence-electron chi connectivity index (χ3n) is 2.96. The molecule has 0 bridgehead atoms. The smallest absolute Gasteiger partial charge is 0.222 e. The van der Waals surface area contributed by atoms with Gasteiger partial charge in [-0.05, 0) is 31.5 Å². The van der Waals surface area contributed by atoms with Crippen LogP contribution in [-0.4, -0.2) is 21.9 Å². The molecule has 1 heterocycles. The van der Waals surface area contributed by atoms with E-state index >= 15 is 0 Å². The van der Waals surface area contributed by atoms with Gasteiger partial charge < -0.3 is 10.5 Å². The lowest BCUT2D eigenvalue weighted by atomic mass is 10.1. The van der Waals surface area contributed by atoms with E-state index in [0.29, 0.717) is 23.0 Å². The molecule has 0 saturated carbocycles. The molecule has 0 unspecified atom stereocenters. The van der Waals surface area contributed by atoms with Gasteiger partial charge in [-0.3, -0.25) is 4.57 Å². The van der Waals surface area contributed by atoms with Gasteiger partial charge >= 0.3 is 0 Å². The Balaban J connectivity index is 2.16. The normalized spacial score (nSPS) is 10.6. The van der Waals surface area contributed by atoms with Gasteiger partial charge in [0, 0.05) is 11.8 Å². The Bertz CT molecular complexity index is 674. The molecule has 0 fully saturated rings. The van der Waals surface area contributed by atoms with E-state index in [1.807, 2.05) is 30.5 Å². The highest BCUT2D eigenvalue weighted by atomic mass is 32.2. The Morgan fingerprint density at radius 1 is 1.43 bits per heavy atom. The molecule has 1 aromatic carbocycles. The molecule has 2 aromatic rings. The Morgan fingerprint density at radius 3 is 2.81 bits per heavy atom. The second-order valence-corrected chi connectivity index (χ2v) is 5.68. The first kappa shape index (κ1) is 15.2. The first-order valence-corrected chi connectivity index (χ1v) is 7.45. The summed E-state index contributed by atoms with van der Waals surface area (Å²) >= 11 is 1.55. The number of nitrogens with two attached hydrogens (primary N) is 1. The summed E-state index contributed by atoms with van der Waals surface area (Å²) in [6, 6.07) is 7.84. The van der Waals surface area contributed by atoms with Crippen LogP contribution in [0.1, 0.15) is 31.0 Å². The first-order valence-electron chi connectivity index (χ1n) is 6.47. The van der Waals surface area contributed by atoms with Gasteiger partial charge in [0.1, 0.15) is 11.8 Å². The van der Waals surface area contributed by atoms with Crippen LogP contribution in [0.2, 0.25) is 0 Å². The Labute approximate surface area is 127 Å². The zero-order chi connectivity index (χ0) is 15.4. The molecule has 2 rings (SSSR count). The number of anilines is 1. The van der Waals surface area contributed by atoms with Gasteiger partial charge in [0.15, 0.2) is 5.16 Å². The van der Waals surface area contributed by atoms with Gasteiger partial charge in [-0.25, -0.2) is 0 Å². The SMILES string of the molecule is COc1cc(CSc2nnc(N)n2C(C)C)ccc1C#N. The van der Waals surface area contributed by atoms with Gasteiger partial charge in [-0.15, -0.1) is 10.2 Å². The van der Waals surface area contributed by atoms with Crippen molar-refractivity contribution < 1.29 is 4.74 Å². The van der Waals surface area contributed by atoms with Crippen LogP contribution in [0, 0.1) is 11.3 Å². The lowest BCUT2D eigenvalue weighted by Gasteiger charge is -2.11. The van der Waals surface area contributed by atoms with Gasteiger partial charge in [0.2, 0.25) is 5.95 Å². The number of rotatable bonds is 5. The third kappa shape index (κ3) is 3.28. The first-order chi connectivity index (χ1) is 10.1. The van der Waals surface area contributed by atoms with E-state index in [1.54, 1.807) is 24.9 Å². The average Bonchev–Trinajstić information content (AvgIpc) is 2.85. The van der Waals surface area contributed by atoms with Crippen molar-refractivity contribution in [3.05, 3.63) is 29.3 Å². The summed E-state index contributed by atoms with van der Waals surface area (Å²) < 4.78 is 7.10. The minimum atomic E-state index is 0.206. The molecular formula is C14H17N5OS. The second-order valence-electron chi connectivity index (χ2n) is 4.74. The minimum Gasteiger partial charge on any atom is -0.495 e. The number of methoxy groups -OCH3 is 1. The molecular weight excluding hydrogens is 286 g/mol. The van der Waals surface area contributed by atoms with Crippen molar-refractivity contribution in [2.75, 3.05) is 12.8 Å². The quantitative estimate of drug-likeness (QED) is 0.854. The monoisotopic (exact) mass is 303 g/mol. The number of thioether (sulfide) groups is 1. The van der Waals surface area contributed by atoms with Gasteiger partial charge in [-0.2, -0.15) is 5.26 Å². The topological polar surface area (TPSA) is 89.8 Å². The lowest BCUT2D eigenvalue weighted by Crippen LogP contribution is -2.07. The fraction of sp³-hybridized carbons (Fsp3) is 0.357. The van der Waals surface area contributed by atoms with Crippen LogP contribution in [0.5, 0.6) is 5.75 Å². The number of benzene rings is 1. The number of nitriles is 1. The van der Waals surface area contributed by atoms with Gasteiger partial charge in [0.25, 0.3) is 0 Å². The predicted molar refractivity (Wildman–Crippen MR) is 82.1 cm³/mol. The standard InChI is InChI=1S/C14H17N5OS/c1-9(2)19-13(16)17-18-14(19)21-8-10-4-5-11(7-15)12(6-10)20-3/h4-6,9H,8H2,1-3H3,(H2,16,17). The van der Waals surface area contributed by atoms with E-state index in [-0.39, 0.29) is 6.04 Å². The molecule has 21 heavy (non-hydrogen) atoms. The van der Waals surface area contributed by atoms with Crippen LogP contribution in [0.15, 0.2) is 23.4 Å². The highest BCUT2D eigenvalue weighted by Crippen LogP contribution is 2.28. The molecule has 0 spiro atoms. The lowest BCUT2D eigenvalue weighted by molar-refractivity contribution is 0.413. The third-order valence-corrected chi connectivity index (χ3v) is 3.98. The Hall–Kier alpha value is -2.20. The summed E-state index contributed by atoms with van der Waals surface area (Å²) in [5, 5.41) is 17.8. The fourth-order valence-corrected chi connectivity index (χ4v) is 2.96. The zero-order valence-corrected chi connectivity index (χ0v) is 13.0. The molecule has 0 atom stereocenters. The van der Waals surface area contributed by atoms with E-state index < -0.39 is 0 Å². The molecule has 0 saturated heterocycles. The van der Waals surface area contributed by atoms with E-state index in [0.717, 1.165) is 10.7 Å². The summed E-state index contributed by atoms with van der Waals surface area (Å²) in [5.74, 6) is 1.71. The van der Waals surface area contributed by atoms with Crippen LogP contribution in [0.3, 0.4) is 0 Å². The van der Waals surface area contributed by atoms with Crippen molar-refractivity contribution in [1.29, 1.82) is 5.26 Å². The maximum absolute atomic E-state index is 8.98. The van der Waals surface area contributed by atoms with Crippen molar-refractivity contribution in [2.45, 2.75) is 30.8 Å². The second kappa shape index (κ2) is 6.50. The number of nitrogen functional groups attached to an aromatic ring is 1. The van der Waals surface area contributed by atoms with Crippen LogP contribution in [-0.2, 0) is 5.75 Å². The molecule has 110 valence electrons. The fourth-order valence-electron chi connectivity index (χ4n) is 1.94. The molecule has 1 aromatic heterocycles. The highest BCUT2D eigenvalue weighted by molar-refractivity contribution is 7.98. The predicted octanol–water partition coefficient (Wildman–Crippen LogP) is 2.61. The van der Waals surface area contributed by atoms with Crippen molar-refractivity contribution in [3.63, 3.8) is 0 Å². The number of hydrogen-bond acceptors (Lipinski definition) is 6. The highest BCUT2D eigenvalue weighted by Gasteiger charge is 2.13. The molecule has 0 aliphatic heterocycles. The Morgan fingerprint density at radius 2 is 2.19 bits per heavy atom. The van der Waals surface area contributed by atoms with E-state index in [1.165, 1.54) is 0 Å². The molecule has 0 radical (unpaired) electrons. The van der Waals surface area contributed by atoms with Crippen LogP contribution in [0.4, 0.5) is 5.95 Å². The summed E-state index contributed by atoms with van der Waals surface area (Å²) in [7, 11) is 1.56. The Kier molecular flexibility index (Phi) is 4.70. The largest absolute Gasteiger partial charge is 0.495 e. The van der Waals surface area contributed by atoms with Crippen LogP contribution < -0.4 is 10.5 Å².